The van der Waals surface area contributed by atoms with Gasteiger partial charge in [-0.05, 0) is 25.5 Å². The number of nitrogens with zero attached hydrogens (tertiary/aromatic N) is 1. The Labute approximate surface area is 96.3 Å². The lowest BCUT2D eigenvalue weighted by atomic mass is 10.2. The minimum Gasteiger partial charge on any atom is -0.342 e. The van der Waals surface area contributed by atoms with Crippen LogP contribution in [0.25, 0.3) is 11.0 Å². The van der Waals surface area contributed by atoms with Crippen molar-refractivity contribution in [3.8, 4) is 0 Å². The van der Waals surface area contributed by atoms with Gasteiger partial charge in [0.05, 0.1) is 11.0 Å². The molecule has 2 N–H and O–H groups in total. The van der Waals surface area contributed by atoms with Gasteiger partial charge in [0.2, 0.25) is 0 Å². The van der Waals surface area contributed by atoms with Crippen molar-refractivity contribution < 1.29 is 0 Å². The highest BCUT2D eigenvalue weighted by molar-refractivity contribution is 5.74. The SMILES string of the molecule is CCC(C)NCCc1nc2ccccc2[nH]1. The molecule has 2 aromatic rings. The summed E-state index contributed by atoms with van der Waals surface area (Å²) in [7, 11) is 0. The van der Waals surface area contributed by atoms with Crippen LogP contribution in [0.5, 0.6) is 0 Å². The van der Waals surface area contributed by atoms with E-state index in [1.165, 1.54) is 6.42 Å². The lowest BCUT2D eigenvalue weighted by Gasteiger charge is -2.09. The fourth-order valence-corrected chi connectivity index (χ4v) is 1.71. The Bertz CT molecular complexity index is 414. The van der Waals surface area contributed by atoms with Gasteiger partial charge in [-0.15, -0.1) is 0 Å². The largest absolute Gasteiger partial charge is 0.342 e. The minimum atomic E-state index is 0.587. The molecule has 1 heterocycles. The number of fused-ring (bicyclic) bond motifs is 1. The second-order valence-electron chi connectivity index (χ2n) is 4.21. The van der Waals surface area contributed by atoms with Crippen molar-refractivity contribution in [1.82, 2.24) is 15.3 Å². The molecule has 0 amide bonds. The molecule has 16 heavy (non-hydrogen) atoms. The van der Waals surface area contributed by atoms with Crippen LogP contribution in [0.4, 0.5) is 0 Å². The predicted molar refractivity (Wildman–Crippen MR) is 67.6 cm³/mol. The van der Waals surface area contributed by atoms with Crippen LogP contribution in [0.15, 0.2) is 24.3 Å². The minimum absolute atomic E-state index is 0.587. The number of aromatic nitrogens is 2. The number of para-hydroxylation sites is 2. The topological polar surface area (TPSA) is 40.7 Å². The monoisotopic (exact) mass is 217 g/mol. The maximum Gasteiger partial charge on any atom is 0.108 e. The highest BCUT2D eigenvalue weighted by Crippen LogP contribution is 2.10. The van der Waals surface area contributed by atoms with E-state index >= 15 is 0 Å². The summed E-state index contributed by atoms with van der Waals surface area (Å²) >= 11 is 0. The van der Waals surface area contributed by atoms with Crippen molar-refractivity contribution in [2.75, 3.05) is 6.54 Å². The molecule has 0 saturated carbocycles. The van der Waals surface area contributed by atoms with E-state index in [2.05, 4.69) is 35.2 Å². The van der Waals surface area contributed by atoms with Crippen LogP contribution in [-0.4, -0.2) is 22.6 Å². The molecule has 2 rings (SSSR count). The summed E-state index contributed by atoms with van der Waals surface area (Å²) in [6.45, 7) is 5.38. The van der Waals surface area contributed by atoms with Gasteiger partial charge in [0.1, 0.15) is 5.82 Å². The molecule has 0 bridgehead atoms. The van der Waals surface area contributed by atoms with Crippen LogP contribution in [0.2, 0.25) is 0 Å². The molecule has 0 aliphatic rings. The van der Waals surface area contributed by atoms with E-state index in [-0.39, 0.29) is 0 Å². The fourth-order valence-electron chi connectivity index (χ4n) is 1.71. The highest BCUT2D eigenvalue weighted by Gasteiger charge is 2.02. The maximum absolute atomic E-state index is 4.54. The van der Waals surface area contributed by atoms with Crippen LogP contribution in [0, 0.1) is 0 Å². The first-order valence-electron chi connectivity index (χ1n) is 5.96. The maximum atomic E-state index is 4.54. The standard InChI is InChI=1S/C13H19N3/c1-3-10(2)14-9-8-13-15-11-6-4-5-7-12(11)16-13/h4-7,10,14H,3,8-9H2,1-2H3,(H,15,16). The van der Waals surface area contributed by atoms with E-state index in [1.54, 1.807) is 0 Å². The number of H-pyrrole nitrogens is 1. The van der Waals surface area contributed by atoms with Gasteiger partial charge in [-0.3, -0.25) is 0 Å². The zero-order chi connectivity index (χ0) is 11.4. The molecular weight excluding hydrogens is 198 g/mol. The number of benzene rings is 1. The third-order valence-corrected chi connectivity index (χ3v) is 2.91. The van der Waals surface area contributed by atoms with E-state index in [9.17, 15) is 0 Å². The average molecular weight is 217 g/mol. The molecule has 86 valence electrons. The molecule has 1 unspecified atom stereocenters. The number of hydrogen-bond acceptors (Lipinski definition) is 2. The van der Waals surface area contributed by atoms with Gasteiger partial charge in [0, 0.05) is 19.0 Å². The van der Waals surface area contributed by atoms with Gasteiger partial charge in [0.15, 0.2) is 0 Å². The number of rotatable bonds is 5. The molecule has 0 aliphatic heterocycles. The van der Waals surface area contributed by atoms with Crippen LogP contribution >= 0.6 is 0 Å². The van der Waals surface area contributed by atoms with Crippen LogP contribution in [0.3, 0.4) is 0 Å². The summed E-state index contributed by atoms with van der Waals surface area (Å²) in [5, 5.41) is 3.47. The number of hydrogen-bond donors (Lipinski definition) is 2. The summed E-state index contributed by atoms with van der Waals surface area (Å²) in [5.74, 6) is 1.07. The van der Waals surface area contributed by atoms with Gasteiger partial charge < -0.3 is 10.3 Å². The average Bonchev–Trinajstić information content (AvgIpc) is 2.71. The first-order chi connectivity index (χ1) is 7.79. The lowest BCUT2D eigenvalue weighted by molar-refractivity contribution is 0.534. The molecule has 0 aliphatic carbocycles. The van der Waals surface area contributed by atoms with E-state index in [0.717, 1.165) is 29.8 Å². The van der Waals surface area contributed by atoms with Gasteiger partial charge in [0.25, 0.3) is 0 Å². The van der Waals surface area contributed by atoms with Crippen molar-refractivity contribution >= 4 is 11.0 Å². The summed E-state index contributed by atoms with van der Waals surface area (Å²) in [4.78, 5) is 7.88. The van der Waals surface area contributed by atoms with Gasteiger partial charge in [-0.1, -0.05) is 19.1 Å². The first-order valence-corrected chi connectivity index (χ1v) is 5.96. The molecule has 0 spiro atoms. The van der Waals surface area contributed by atoms with Crippen molar-refractivity contribution in [1.29, 1.82) is 0 Å². The van der Waals surface area contributed by atoms with E-state index in [4.69, 9.17) is 0 Å². The third-order valence-electron chi connectivity index (χ3n) is 2.91. The Morgan fingerprint density at radius 1 is 1.38 bits per heavy atom. The number of nitrogens with one attached hydrogen (secondary N) is 2. The Morgan fingerprint density at radius 3 is 2.94 bits per heavy atom. The van der Waals surface area contributed by atoms with Gasteiger partial charge >= 0.3 is 0 Å². The molecule has 0 saturated heterocycles. The van der Waals surface area contributed by atoms with Crippen molar-refractivity contribution in [2.24, 2.45) is 0 Å². The van der Waals surface area contributed by atoms with Gasteiger partial charge in [-0.25, -0.2) is 4.98 Å². The molecule has 0 radical (unpaired) electrons. The van der Waals surface area contributed by atoms with Crippen molar-refractivity contribution in [3.05, 3.63) is 30.1 Å². The van der Waals surface area contributed by atoms with E-state index in [0.29, 0.717) is 6.04 Å². The zero-order valence-electron chi connectivity index (χ0n) is 9.96. The second kappa shape index (κ2) is 5.12. The fraction of sp³-hybridized carbons (Fsp3) is 0.462. The normalized spacial score (nSPS) is 13.1. The zero-order valence-corrected chi connectivity index (χ0v) is 9.96. The highest BCUT2D eigenvalue weighted by atomic mass is 14.9. The summed E-state index contributed by atoms with van der Waals surface area (Å²) in [5.41, 5.74) is 2.18. The lowest BCUT2D eigenvalue weighted by Crippen LogP contribution is -2.27. The molecule has 3 heteroatoms. The molecule has 3 nitrogen and oxygen atoms in total. The quantitative estimate of drug-likeness (QED) is 0.808. The summed E-state index contributed by atoms with van der Waals surface area (Å²) in [6.07, 6.45) is 2.12. The van der Waals surface area contributed by atoms with Crippen LogP contribution in [-0.2, 0) is 6.42 Å². The van der Waals surface area contributed by atoms with Crippen molar-refractivity contribution in [2.45, 2.75) is 32.7 Å². The molecule has 1 aromatic carbocycles. The van der Waals surface area contributed by atoms with Crippen LogP contribution in [0.1, 0.15) is 26.1 Å². The molecule has 1 aromatic heterocycles. The van der Waals surface area contributed by atoms with Crippen molar-refractivity contribution in [3.63, 3.8) is 0 Å². The summed E-state index contributed by atoms with van der Waals surface area (Å²) in [6, 6.07) is 8.74. The Kier molecular flexibility index (Phi) is 3.57. The van der Waals surface area contributed by atoms with Gasteiger partial charge in [-0.2, -0.15) is 0 Å². The number of imidazole rings is 1. The molecule has 1 atom stereocenters. The molecular formula is C13H19N3. The third kappa shape index (κ3) is 2.61. The Morgan fingerprint density at radius 2 is 2.19 bits per heavy atom. The van der Waals surface area contributed by atoms with E-state index in [1.807, 2.05) is 18.2 Å². The second-order valence-corrected chi connectivity index (χ2v) is 4.21. The molecule has 0 fully saturated rings. The Balaban J connectivity index is 1.94. The smallest absolute Gasteiger partial charge is 0.108 e. The van der Waals surface area contributed by atoms with E-state index < -0.39 is 0 Å². The number of aromatic amines is 1. The predicted octanol–water partition coefficient (Wildman–Crippen LogP) is 2.49. The van der Waals surface area contributed by atoms with Crippen LogP contribution < -0.4 is 5.32 Å². The Hall–Kier alpha value is -1.35. The summed E-state index contributed by atoms with van der Waals surface area (Å²) < 4.78 is 0. The first kappa shape index (κ1) is 11.1.